The highest BCUT2D eigenvalue weighted by molar-refractivity contribution is 6.39. The fraction of sp³-hybridized carbons (Fsp3) is 0.348. The zero-order valence-corrected chi connectivity index (χ0v) is 17.2. The van der Waals surface area contributed by atoms with Crippen LogP contribution < -0.4 is 10.6 Å². The summed E-state index contributed by atoms with van der Waals surface area (Å²) in [4.78, 5) is 38.3. The van der Waals surface area contributed by atoms with E-state index in [9.17, 15) is 18.8 Å². The van der Waals surface area contributed by atoms with Gasteiger partial charge in [-0.05, 0) is 68.0 Å². The van der Waals surface area contributed by atoms with E-state index >= 15 is 0 Å². The van der Waals surface area contributed by atoms with Gasteiger partial charge in [0.05, 0.1) is 5.56 Å². The van der Waals surface area contributed by atoms with Crippen molar-refractivity contribution >= 4 is 23.4 Å². The predicted molar refractivity (Wildman–Crippen MR) is 113 cm³/mol. The van der Waals surface area contributed by atoms with Crippen LogP contribution in [0.2, 0.25) is 0 Å². The standard InChI is InChI=1S/C23H26FN3O3/c1-15-11-16(2)13-18(12-15)26-22(29)21(28)25-14-17-7-9-27(10-8-17)23(30)19-5-3-4-6-20(19)24/h3-6,11-13,17H,7-10,14H2,1-2H3,(H,25,28)(H,26,29). The summed E-state index contributed by atoms with van der Waals surface area (Å²) in [5, 5.41) is 5.29. The third-order valence-electron chi connectivity index (χ3n) is 5.24. The van der Waals surface area contributed by atoms with Gasteiger partial charge in [-0.25, -0.2) is 4.39 Å². The maximum Gasteiger partial charge on any atom is 0.313 e. The lowest BCUT2D eigenvalue weighted by molar-refractivity contribution is -0.136. The summed E-state index contributed by atoms with van der Waals surface area (Å²) in [7, 11) is 0. The Balaban J connectivity index is 1.45. The van der Waals surface area contributed by atoms with Crippen molar-refractivity contribution in [1.29, 1.82) is 0 Å². The number of piperidine rings is 1. The van der Waals surface area contributed by atoms with Crippen LogP contribution in [0.4, 0.5) is 10.1 Å². The molecule has 2 aromatic carbocycles. The van der Waals surface area contributed by atoms with Gasteiger partial charge in [0, 0.05) is 25.3 Å². The Morgan fingerprint density at radius 1 is 1.00 bits per heavy atom. The Labute approximate surface area is 175 Å². The summed E-state index contributed by atoms with van der Waals surface area (Å²) in [5.41, 5.74) is 2.67. The molecule has 3 amide bonds. The van der Waals surface area contributed by atoms with Crippen molar-refractivity contribution in [3.8, 4) is 0 Å². The van der Waals surface area contributed by atoms with Gasteiger partial charge in [0.25, 0.3) is 5.91 Å². The smallest absolute Gasteiger partial charge is 0.313 e. The molecule has 1 aliphatic rings. The van der Waals surface area contributed by atoms with Gasteiger partial charge < -0.3 is 15.5 Å². The average Bonchev–Trinajstić information content (AvgIpc) is 2.71. The van der Waals surface area contributed by atoms with Crippen molar-refractivity contribution in [2.45, 2.75) is 26.7 Å². The number of benzene rings is 2. The number of carbonyl (C=O) groups is 3. The van der Waals surface area contributed by atoms with Crippen LogP contribution in [0.3, 0.4) is 0 Å². The van der Waals surface area contributed by atoms with Gasteiger partial charge in [-0.15, -0.1) is 0 Å². The van der Waals surface area contributed by atoms with Crippen molar-refractivity contribution < 1.29 is 18.8 Å². The van der Waals surface area contributed by atoms with Gasteiger partial charge in [-0.2, -0.15) is 0 Å². The molecule has 1 saturated heterocycles. The molecule has 6 nitrogen and oxygen atoms in total. The van der Waals surface area contributed by atoms with Crippen LogP contribution in [-0.2, 0) is 9.59 Å². The lowest BCUT2D eigenvalue weighted by atomic mass is 9.96. The summed E-state index contributed by atoms with van der Waals surface area (Å²) in [6, 6.07) is 11.6. The van der Waals surface area contributed by atoms with Crippen molar-refractivity contribution in [1.82, 2.24) is 10.2 Å². The minimum Gasteiger partial charge on any atom is -0.348 e. The van der Waals surface area contributed by atoms with E-state index in [4.69, 9.17) is 0 Å². The Morgan fingerprint density at radius 2 is 1.63 bits per heavy atom. The zero-order valence-electron chi connectivity index (χ0n) is 17.2. The molecule has 1 heterocycles. The number of carbonyl (C=O) groups excluding carboxylic acids is 3. The van der Waals surface area contributed by atoms with Crippen molar-refractivity contribution in [3.63, 3.8) is 0 Å². The van der Waals surface area contributed by atoms with E-state index in [-0.39, 0.29) is 17.4 Å². The third-order valence-corrected chi connectivity index (χ3v) is 5.24. The van der Waals surface area contributed by atoms with E-state index in [2.05, 4.69) is 10.6 Å². The van der Waals surface area contributed by atoms with Crippen LogP contribution in [0, 0.1) is 25.6 Å². The van der Waals surface area contributed by atoms with Crippen LogP contribution in [0.1, 0.15) is 34.3 Å². The number of halogens is 1. The van der Waals surface area contributed by atoms with Gasteiger partial charge in [-0.1, -0.05) is 18.2 Å². The molecule has 0 saturated carbocycles. The number of hydrogen-bond donors (Lipinski definition) is 2. The van der Waals surface area contributed by atoms with Crippen LogP contribution in [-0.4, -0.2) is 42.3 Å². The monoisotopic (exact) mass is 411 g/mol. The first-order chi connectivity index (χ1) is 14.3. The molecule has 158 valence electrons. The number of nitrogens with one attached hydrogen (secondary N) is 2. The maximum absolute atomic E-state index is 13.8. The van der Waals surface area contributed by atoms with Gasteiger partial charge in [0.2, 0.25) is 0 Å². The molecule has 1 aliphatic heterocycles. The predicted octanol–water partition coefficient (Wildman–Crippen LogP) is 3.05. The van der Waals surface area contributed by atoms with Crippen molar-refractivity contribution in [2.75, 3.05) is 25.0 Å². The molecule has 0 aromatic heterocycles. The van der Waals surface area contributed by atoms with Crippen LogP contribution in [0.5, 0.6) is 0 Å². The summed E-state index contributed by atoms with van der Waals surface area (Å²) < 4.78 is 13.8. The minimum atomic E-state index is -0.702. The molecule has 0 spiro atoms. The number of likely N-dealkylation sites (tertiary alicyclic amines) is 1. The topological polar surface area (TPSA) is 78.5 Å². The van der Waals surface area contributed by atoms with Crippen LogP contribution in [0.15, 0.2) is 42.5 Å². The molecule has 0 radical (unpaired) electrons. The number of hydrogen-bond acceptors (Lipinski definition) is 3. The Bertz CT molecular complexity index is 932. The summed E-state index contributed by atoms with van der Waals surface area (Å²) in [6.07, 6.45) is 1.36. The largest absolute Gasteiger partial charge is 0.348 e. The molecule has 30 heavy (non-hydrogen) atoms. The Morgan fingerprint density at radius 3 is 2.27 bits per heavy atom. The first-order valence-corrected chi connectivity index (χ1v) is 10.0. The first kappa shape index (κ1) is 21.5. The molecule has 0 bridgehead atoms. The average molecular weight is 411 g/mol. The van der Waals surface area contributed by atoms with Crippen LogP contribution >= 0.6 is 0 Å². The highest BCUT2D eigenvalue weighted by atomic mass is 19.1. The molecule has 3 rings (SSSR count). The van der Waals surface area contributed by atoms with E-state index in [1.807, 2.05) is 19.9 Å². The van der Waals surface area contributed by atoms with Crippen molar-refractivity contribution in [2.24, 2.45) is 5.92 Å². The van der Waals surface area contributed by atoms with Gasteiger partial charge in [0.1, 0.15) is 5.82 Å². The Hall–Kier alpha value is -3.22. The molecular weight excluding hydrogens is 385 g/mol. The van der Waals surface area contributed by atoms with Gasteiger partial charge in [0.15, 0.2) is 0 Å². The molecule has 2 aromatic rings. The van der Waals surface area contributed by atoms with E-state index in [1.54, 1.807) is 29.2 Å². The Kier molecular flexibility index (Phi) is 6.82. The normalized spacial score (nSPS) is 14.3. The quantitative estimate of drug-likeness (QED) is 0.759. The number of aryl methyl sites for hydroxylation is 2. The highest BCUT2D eigenvalue weighted by Gasteiger charge is 2.26. The molecule has 0 aliphatic carbocycles. The van der Waals surface area contributed by atoms with Gasteiger partial charge in [-0.3, -0.25) is 14.4 Å². The number of amides is 3. The fourth-order valence-electron chi connectivity index (χ4n) is 3.70. The first-order valence-electron chi connectivity index (χ1n) is 10.0. The fourth-order valence-corrected chi connectivity index (χ4v) is 3.70. The molecule has 0 atom stereocenters. The lowest BCUT2D eigenvalue weighted by Crippen LogP contribution is -2.43. The zero-order chi connectivity index (χ0) is 21.7. The number of rotatable bonds is 4. The van der Waals surface area contributed by atoms with E-state index in [0.717, 1.165) is 11.1 Å². The molecule has 7 heteroatoms. The molecule has 1 fully saturated rings. The second-order valence-electron chi connectivity index (χ2n) is 7.76. The van der Waals surface area contributed by atoms with E-state index in [0.29, 0.717) is 38.2 Å². The van der Waals surface area contributed by atoms with Crippen molar-refractivity contribution in [3.05, 3.63) is 65.0 Å². The summed E-state index contributed by atoms with van der Waals surface area (Å²) in [6.45, 7) is 5.18. The van der Waals surface area contributed by atoms with Crippen LogP contribution in [0.25, 0.3) is 0 Å². The lowest BCUT2D eigenvalue weighted by Gasteiger charge is -2.32. The second kappa shape index (κ2) is 9.52. The minimum absolute atomic E-state index is 0.0762. The van der Waals surface area contributed by atoms with Gasteiger partial charge >= 0.3 is 11.8 Å². The number of anilines is 1. The van der Waals surface area contributed by atoms with E-state index in [1.165, 1.54) is 12.1 Å². The number of nitrogens with zero attached hydrogens (tertiary/aromatic N) is 1. The molecule has 2 N–H and O–H groups in total. The third kappa shape index (κ3) is 5.43. The highest BCUT2D eigenvalue weighted by Crippen LogP contribution is 2.20. The summed E-state index contributed by atoms with van der Waals surface area (Å²) >= 11 is 0. The second-order valence-corrected chi connectivity index (χ2v) is 7.76. The SMILES string of the molecule is Cc1cc(C)cc(NC(=O)C(=O)NCC2CCN(C(=O)c3ccccc3F)CC2)c1. The maximum atomic E-state index is 13.8. The molecular formula is C23H26FN3O3. The summed E-state index contributed by atoms with van der Waals surface area (Å²) in [5.74, 6) is -2.06. The molecule has 0 unspecified atom stereocenters. The van der Waals surface area contributed by atoms with E-state index < -0.39 is 17.6 Å².